The Morgan fingerprint density at radius 2 is 2.20 bits per heavy atom. The first kappa shape index (κ1) is 14.6. The minimum atomic E-state index is -0.134. The SMILES string of the molecule is COCCN(C)C(=O)Nc1cccc(-c2cccs2)c1. The third kappa shape index (κ3) is 3.82. The maximum atomic E-state index is 12.0. The van der Waals surface area contributed by atoms with Gasteiger partial charge in [0, 0.05) is 31.3 Å². The number of rotatable bonds is 5. The highest BCUT2D eigenvalue weighted by atomic mass is 32.1. The van der Waals surface area contributed by atoms with Gasteiger partial charge in [0.2, 0.25) is 0 Å². The van der Waals surface area contributed by atoms with Gasteiger partial charge in [-0.3, -0.25) is 0 Å². The number of carbonyl (C=O) groups is 1. The van der Waals surface area contributed by atoms with Gasteiger partial charge in [0.15, 0.2) is 0 Å². The summed E-state index contributed by atoms with van der Waals surface area (Å²) in [4.78, 5) is 14.8. The van der Waals surface area contributed by atoms with Gasteiger partial charge in [0.25, 0.3) is 0 Å². The maximum absolute atomic E-state index is 12.0. The van der Waals surface area contributed by atoms with Gasteiger partial charge in [-0.05, 0) is 29.1 Å². The zero-order chi connectivity index (χ0) is 14.4. The normalized spacial score (nSPS) is 10.3. The van der Waals surface area contributed by atoms with Crippen LogP contribution in [0.2, 0.25) is 0 Å². The van der Waals surface area contributed by atoms with E-state index in [1.54, 1.807) is 30.4 Å². The number of hydrogen-bond acceptors (Lipinski definition) is 3. The molecule has 0 aliphatic heterocycles. The first-order valence-corrected chi connectivity index (χ1v) is 7.23. The summed E-state index contributed by atoms with van der Waals surface area (Å²) in [7, 11) is 3.37. The first-order valence-electron chi connectivity index (χ1n) is 6.35. The second-order valence-electron chi connectivity index (χ2n) is 4.40. The number of hydrogen-bond donors (Lipinski definition) is 1. The monoisotopic (exact) mass is 290 g/mol. The fourth-order valence-corrected chi connectivity index (χ4v) is 2.47. The zero-order valence-electron chi connectivity index (χ0n) is 11.6. The predicted molar refractivity (Wildman–Crippen MR) is 83.3 cm³/mol. The van der Waals surface area contributed by atoms with Gasteiger partial charge in [-0.25, -0.2) is 4.79 Å². The minimum absolute atomic E-state index is 0.134. The van der Waals surface area contributed by atoms with Gasteiger partial charge in [0.05, 0.1) is 6.61 Å². The number of thiophene rings is 1. The average Bonchev–Trinajstić information content (AvgIpc) is 2.99. The molecule has 1 aromatic heterocycles. The van der Waals surface area contributed by atoms with Gasteiger partial charge in [0.1, 0.15) is 0 Å². The summed E-state index contributed by atoms with van der Waals surface area (Å²) < 4.78 is 4.96. The Bertz CT molecular complexity index is 555. The average molecular weight is 290 g/mol. The van der Waals surface area contributed by atoms with Crippen LogP contribution >= 0.6 is 11.3 Å². The summed E-state index contributed by atoms with van der Waals surface area (Å²) in [6.07, 6.45) is 0. The molecule has 2 aromatic rings. The van der Waals surface area contributed by atoms with Crippen molar-refractivity contribution in [2.75, 3.05) is 32.6 Å². The van der Waals surface area contributed by atoms with Crippen LogP contribution in [0.1, 0.15) is 0 Å². The number of methoxy groups -OCH3 is 1. The summed E-state index contributed by atoms with van der Waals surface area (Å²) in [6, 6.07) is 11.8. The summed E-state index contributed by atoms with van der Waals surface area (Å²) in [5, 5.41) is 4.93. The smallest absolute Gasteiger partial charge is 0.321 e. The van der Waals surface area contributed by atoms with E-state index in [2.05, 4.69) is 11.4 Å². The van der Waals surface area contributed by atoms with Crippen molar-refractivity contribution in [1.29, 1.82) is 0 Å². The Labute approximate surface area is 123 Å². The van der Waals surface area contributed by atoms with E-state index in [9.17, 15) is 4.79 Å². The number of anilines is 1. The van der Waals surface area contributed by atoms with E-state index in [1.807, 2.05) is 35.7 Å². The van der Waals surface area contributed by atoms with E-state index in [1.165, 1.54) is 4.88 Å². The van der Waals surface area contributed by atoms with Gasteiger partial charge < -0.3 is 15.0 Å². The highest BCUT2D eigenvalue weighted by molar-refractivity contribution is 7.13. The fourth-order valence-electron chi connectivity index (χ4n) is 1.74. The van der Waals surface area contributed by atoms with Crippen LogP contribution < -0.4 is 5.32 Å². The molecule has 1 heterocycles. The predicted octanol–water partition coefficient (Wildman–Crippen LogP) is 3.53. The third-order valence-corrected chi connectivity index (χ3v) is 3.82. The van der Waals surface area contributed by atoms with Crippen LogP contribution in [0.3, 0.4) is 0 Å². The quantitative estimate of drug-likeness (QED) is 0.915. The van der Waals surface area contributed by atoms with Crippen molar-refractivity contribution in [3.05, 3.63) is 41.8 Å². The van der Waals surface area contributed by atoms with Gasteiger partial charge in [-0.1, -0.05) is 18.2 Å². The van der Waals surface area contributed by atoms with E-state index in [4.69, 9.17) is 4.74 Å². The summed E-state index contributed by atoms with van der Waals surface area (Å²) in [5.41, 5.74) is 1.91. The Kier molecular flexibility index (Phi) is 5.15. The number of carbonyl (C=O) groups excluding carboxylic acids is 1. The molecular weight excluding hydrogens is 272 g/mol. The van der Waals surface area contributed by atoms with Crippen molar-refractivity contribution in [3.63, 3.8) is 0 Å². The van der Waals surface area contributed by atoms with Crippen LogP contribution in [-0.2, 0) is 4.74 Å². The summed E-state index contributed by atoms with van der Waals surface area (Å²) in [6.45, 7) is 1.09. The standard InChI is InChI=1S/C15H18N2O2S/c1-17(8-9-19-2)15(18)16-13-6-3-5-12(11-13)14-7-4-10-20-14/h3-7,10-11H,8-9H2,1-2H3,(H,16,18). The Balaban J connectivity index is 2.03. The molecule has 0 aliphatic rings. The van der Waals surface area contributed by atoms with Crippen molar-refractivity contribution in [1.82, 2.24) is 4.90 Å². The molecule has 0 saturated carbocycles. The number of urea groups is 1. The highest BCUT2D eigenvalue weighted by Crippen LogP contribution is 2.26. The van der Waals surface area contributed by atoms with Crippen molar-refractivity contribution in [2.45, 2.75) is 0 Å². The molecule has 0 atom stereocenters. The van der Waals surface area contributed by atoms with Gasteiger partial charge in [-0.2, -0.15) is 0 Å². The zero-order valence-corrected chi connectivity index (χ0v) is 12.4. The lowest BCUT2D eigenvalue weighted by Gasteiger charge is -2.17. The Morgan fingerprint density at radius 3 is 2.90 bits per heavy atom. The molecule has 0 aliphatic carbocycles. The molecule has 2 rings (SSSR count). The number of benzene rings is 1. The molecule has 0 bridgehead atoms. The van der Waals surface area contributed by atoms with Crippen LogP contribution in [0.5, 0.6) is 0 Å². The lowest BCUT2D eigenvalue weighted by Crippen LogP contribution is -2.33. The molecule has 4 nitrogen and oxygen atoms in total. The largest absolute Gasteiger partial charge is 0.383 e. The first-order chi connectivity index (χ1) is 9.70. The maximum Gasteiger partial charge on any atom is 0.321 e. The van der Waals surface area contributed by atoms with Crippen molar-refractivity contribution >= 4 is 23.1 Å². The van der Waals surface area contributed by atoms with Crippen LogP contribution in [0.15, 0.2) is 41.8 Å². The number of likely N-dealkylation sites (N-methyl/N-ethyl adjacent to an activating group) is 1. The molecule has 106 valence electrons. The van der Waals surface area contributed by atoms with Crippen molar-refractivity contribution < 1.29 is 9.53 Å². The Hall–Kier alpha value is -1.85. The molecule has 5 heteroatoms. The number of amides is 2. The lowest BCUT2D eigenvalue weighted by molar-refractivity contribution is 0.165. The molecular formula is C15H18N2O2S. The van der Waals surface area contributed by atoms with Crippen LogP contribution in [-0.4, -0.2) is 38.2 Å². The van der Waals surface area contributed by atoms with E-state index in [0.717, 1.165) is 11.3 Å². The molecule has 20 heavy (non-hydrogen) atoms. The van der Waals surface area contributed by atoms with E-state index in [0.29, 0.717) is 13.2 Å². The van der Waals surface area contributed by atoms with Crippen LogP contribution in [0.4, 0.5) is 10.5 Å². The van der Waals surface area contributed by atoms with Crippen molar-refractivity contribution in [2.24, 2.45) is 0 Å². The van der Waals surface area contributed by atoms with Crippen molar-refractivity contribution in [3.8, 4) is 10.4 Å². The van der Waals surface area contributed by atoms with E-state index < -0.39 is 0 Å². The molecule has 0 fully saturated rings. The lowest BCUT2D eigenvalue weighted by atomic mass is 10.1. The molecule has 0 saturated heterocycles. The summed E-state index contributed by atoms with van der Waals surface area (Å²) >= 11 is 1.68. The molecule has 0 spiro atoms. The molecule has 2 amide bonds. The van der Waals surface area contributed by atoms with Gasteiger partial charge in [-0.15, -0.1) is 11.3 Å². The van der Waals surface area contributed by atoms with Gasteiger partial charge >= 0.3 is 6.03 Å². The van der Waals surface area contributed by atoms with E-state index >= 15 is 0 Å². The van der Waals surface area contributed by atoms with Crippen LogP contribution in [0, 0.1) is 0 Å². The second-order valence-corrected chi connectivity index (χ2v) is 5.35. The molecule has 1 aromatic carbocycles. The highest BCUT2D eigenvalue weighted by Gasteiger charge is 2.08. The van der Waals surface area contributed by atoms with E-state index in [-0.39, 0.29) is 6.03 Å². The molecule has 1 N–H and O–H groups in total. The third-order valence-electron chi connectivity index (χ3n) is 2.90. The minimum Gasteiger partial charge on any atom is -0.383 e. The topological polar surface area (TPSA) is 41.6 Å². The number of nitrogens with zero attached hydrogens (tertiary/aromatic N) is 1. The fraction of sp³-hybridized carbons (Fsp3) is 0.267. The molecule has 0 unspecified atom stereocenters. The van der Waals surface area contributed by atoms with Crippen LogP contribution in [0.25, 0.3) is 10.4 Å². The summed E-state index contributed by atoms with van der Waals surface area (Å²) in [5.74, 6) is 0. The number of nitrogens with one attached hydrogen (secondary N) is 1. The Morgan fingerprint density at radius 1 is 1.35 bits per heavy atom. The second kappa shape index (κ2) is 7.07. The molecule has 0 radical (unpaired) electrons. The number of ether oxygens (including phenoxy) is 1.